The van der Waals surface area contributed by atoms with E-state index < -0.39 is 17.2 Å². The Morgan fingerprint density at radius 1 is 1.15 bits per heavy atom. The second kappa shape index (κ2) is 7.35. The van der Waals surface area contributed by atoms with Gasteiger partial charge in [-0.2, -0.15) is 0 Å². The number of hydrogen-bond donors (Lipinski definition) is 2. The largest absolute Gasteiger partial charge is 0.383 e. The van der Waals surface area contributed by atoms with E-state index in [2.05, 4.69) is 5.32 Å². The fraction of sp³-hybridized carbons (Fsp3) is 0.150. The van der Waals surface area contributed by atoms with Crippen molar-refractivity contribution >= 4 is 17.2 Å². The molecule has 0 aliphatic heterocycles. The summed E-state index contributed by atoms with van der Waals surface area (Å²) in [6, 6.07) is 14.3. The topological polar surface area (TPSA) is 49.3 Å². The first-order valence-corrected chi connectivity index (χ1v) is 8.85. The van der Waals surface area contributed by atoms with E-state index in [9.17, 15) is 18.7 Å². The highest BCUT2D eigenvalue weighted by atomic mass is 32.1. The third kappa shape index (κ3) is 3.81. The van der Waals surface area contributed by atoms with Gasteiger partial charge in [0.05, 0.1) is 11.4 Å². The van der Waals surface area contributed by atoms with Gasteiger partial charge in [0, 0.05) is 17.2 Å². The van der Waals surface area contributed by atoms with Crippen LogP contribution in [0.3, 0.4) is 0 Å². The van der Waals surface area contributed by atoms with E-state index in [0.717, 1.165) is 17.2 Å². The molecule has 0 aliphatic rings. The average molecular weight is 373 g/mol. The van der Waals surface area contributed by atoms with E-state index in [1.165, 1.54) is 24.3 Å². The summed E-state index contributed by atoms with van der Waals surface area (Å²) in [4.78, 5) is 13.1. The molecule has 26 heavy (non-hydrogen) atoms. The molecule has 3 rings (SSSR count). The molecule has 0 saturated heterocycles. The van der Waals surface area contributed by atoms with Gasteiger partial charge in [-0.15, -0.1) is 11.3 Å². The Balaban J connectivity index is 1.76. The number of benzene rings is 2. The van der Waals surface area contributed by atoms with Crippen LogP contribution in [-0.4, -0.2) is 17.6 Å². The molecule has 2 N–H and O–H groups in total. The smallest absolute Gasteiger partial charge is 0.262 e. The van der Waals surface area contributed by atoms with Gasteiger partial charge in [0.2, 0.25) is 0 Å². The monoisotopic (exact) mass is 373 g/mol. The van der Waals surface area contributed by atoms with Crippen molar-refractivity contribution in [3.8, 4) is 11.1 Å². The van der Waals surface area contributed by atoms with Crippen molar-refractivity contribution in [1.29, 1.82) is 0 Å². The quantitative estimate of drug-likeness (QED) is 0.699. The first kappa shape index (κ1) is 18.2. The highest BCUT2D eigenvalue weighted by molar-refractivity contribution is 7.12. The van der Waals surface area contributed by atoms with Gasteiger partial charge in [-0.1, -0.05) is 36.4 Å². The zero-order valence-electron chi connectivity index (χ0n) is 14.0. The molecule has 134 valence electrons. The SMILES string of the molecule is CC(O)(CNC(=O)c1sccc1-c1ccccc1)c1ccc(F)cc1F. The average Bonchev–Trinajstić information content (AvgIpc) is 3.10. The number of aliphatic hydroxyl groups is 1. The van der Waals surface area contributed by atoms with Crippen LogP contribution in [0.15, 0.2) is 60.0 Å². The number of nitrogens with one attached hydrogen (secondary N) is 1. The minimum atomic E-state index is -1.67. The normalized spacial score (nSPS) is 13.2. The molecule has 1 aromatic heterocycles. The minimum absolute atomic E-state index is 0.0753. The van der Waals surface area contributed by atoms with Crippen molar-refractivity contribution < 1.29 is 18.7 Å². The molecule has 2 aromatic carbocycles. The fourth-order valence-corrected chi connectivity index (χ4v) is 3.52. The molecular formula is C20H17F2NO2S. The molecule has 6 heteroatoms. The lowest BCUT2D eigenvalue weighted by atomic mass is 9.95. The third-order valence-corrected chi connectivity index (χ3v) is 4.97. The number of halogens is 2. The first-order valence-electron chi connectivity index (χ1n) is 7.97. The number of amides is 1. The summed E-state index contributed by atoms with van der Waals surface area (Å²) in [5.41, 5.74) is -0.0398. The van der Waals surface area contributed by atoms with Crippen LogP contribution in [0.2, 0.25) is 0 Å². The Hall–Kier alpha value is -2.57. The van der Waals surface area contributed by atoms with Crippen molar-refractivity contribution in [1.82, 2.24) is 5.32 Å². The summed E-state index contributed by atoms with van der Waals surface area (Å²) in [5, 5.41) is 15.0. The van der Waals surface area contributed by atoms with Gasteiger partial charge >= 0.3 is 0 Å². The number of hydrogen-bond acceptors (Lipinski definition) is 3. The van der Waals surface area contributed by atoms with Gasteiger partial charge in [-0.3, -0.25) is 4.79 Å². The Kier molecular flexibility index (Phi) is 5.15. The molecule has 1 amide bonds. The molecule has 1 atom stereocenters. The molecule has 1 heterocycles. The summed E-state index contributed by atoms with van der Waals surface area (Å²) in [6.45, 7) is 1.16. The van der Waals surface area contributed by atoms with Gasteiger partial charge in [-0.25, -0.2) is 8.78 Å². The van der Waals surface area contributed by atoms with Crippen molar-refractivity contribution in [2.45, 2.75) is 12.5 Å². The van der Waals surface area contributed by atoms with Crippen LogP contribution in [0.5, 0.6) is 0 Å². The Bertz CT molecular complexity index is 923. The van der Waals surface area contributed by atoms with Crippen LogP contribution in [-0.2, 0) is 5.60 Å². The Labute approximate surface area is 153 Å². The maximum Gasteiger partial charge on any atom is 0.262 e. The van der Waals surface area contributed by atoms with Crippen molar-refractivity contribution in [2.75, 3.05) is 6.54 Å². The van der Waals surface area contributed by atoms with Gasteiger partial charge in [0.1, 0.15) is 17.2 Å². The Morgan fingerprint density at radius 3 is 2.58 bits per heavy atom. The zero-order chi connectivity index (χ0) is 18.7. The van der Waals surface area contributed by atoms with Crippen LogP contribution in [0, 0.1) is 11.6 Å². The predicted molar refractivity (Wildman–Crippen MR) is 98.0 cm³/mol. The fourth-order valence-electron chi connectivity index (χ4n) is 2.68. The summed E-state index contributed by atoms with van der Waals surface area (Å²) in [5.74, 6) is -1.94. The van der Waals surface area contributed by atoms with Crippen molar-refractivity contribution in [2.24, 2.45) is 0 Å². The molecule has 0 spiro atoms. The second-order valence-electron chi connectivity index (χ2n) is 6.11. The van der Waals surface area contributed by atoms with Crippen LogP contribution >= 0.6 is 11.3 Å². The maximum absolute atomic E-state index is 13.9. The Morgan fingerprint density at radius 2 is 1.88 bits per heavy atom. The number of carbonyl (C=O) groups is 1. The van der Waals surface area contributed by atoms with Crippen LogP contribution in [0.4, 0.5) is 8.78 Å². The van der Waals surface area contributed by atoms with Gasteiger partial charge in [0.25, 0.3) is 5.91 Å². The molecule has 3 nitrogen and oxygen atoms in total. The minimum Gasteiger partial charge on any atom is -0.383 e. The van der Waals surface area contributed by atoms with Crippen molar-refractivity contribution in [3.63, 3.8) is 0 Å². The predicted octanol–water partition coefficient (Wildman–Crippen LogP) is 4.33. The van der Waals surface area contributed by atoms with Crippen LogP contribution in [0.1, 0.15) is 22.2 Å². The standard InChI is InChI=1S/C20H17F2NO2S/c1-20(25,16-8-7-14(21)11-17(16)22)12-23-19(24)18-15(9-10-26-18)13-5-3-2-4-6-13/h2-11,25H,12H2,1H3,(H,23,24). The van der Waals surface area contributed by atoms with Gasteiger partial charge in [-0.05, 0) is 30.0 Å². The molecule has 0 aliphatic carbocycles. The van der Waals surface area contributed by atoms with E-state index in [-0.39, 0.29) is 18.0 Å². The van der Waals surface area contributed by atoms with E-state index in [1.807, 2.05) is 41.8 Å². The number of rotatable bonds is 5. The summed E-state index contributed by atoms with van der Waals surface area (Å²) >= 11 is 1.29. The highest BCUT2D eigenvalue weighted by Crippen LogP contribution is 2.29. The van der Waals surface area contributed by atoms with Crippen LogP contribution < -0.4 is 5.32 Å². The van der Waals surface area contributed by atoms with E-state index >= 15 is 0 Å². The molecule has 0 bridgehead atoms. The number of thiophene rings is 1. The lowest BCUT2D eigenvalue weighted by molar-refractivity contribution is 0.0495. The van der Waals surface area contributed by atoms with E-state index in [1.54, 1.807) is 0 Å². The molecule has 0 saturated carbocycles. The third-order valence-electron chi connectivity index (χ3n) is 4.06. The zero-order valence-corrected chi connectivity index (χ0v) is 14.8. The molecular weight excluding hydrogens is 356 g/mol. The lowest BCUT2D eigenvalue weighted by Crippen LogP contribution is -2.39. The maximum atomic E-state index is 13.9. The van der Waals surface area contributed by atoms with E-state index in [0.29, 0.717) is 10.9 Å². The number of carbonyl (C=O) groups excluding carboxylic acids is 1. The highest BCUT2D eigenvalue weighted by Gasteiger charge is 2.28. The summed E-state index contributed by atoms with van der Waals surface area (Å²) in [7, 11) is 0. The van der Waals surface area contributed by atoms with Crippen molar-refractivity contribution in [3.05, 3.63) is 82.1 Å². The summed E-state index contributed by atoms with van der Waals surface area (Å²) < 4.78 is 27.0. The van der Waals surface area contributed by atoms with Gasteiger partial charge < -0.3 is 10.4 Å². The van der Waals surface area contributed by atoms with Gasteiger partial charge in [0.15, 0.2) is 0 Å². The molecule has 0 radical (unpaired) electrons. The van der Waals surface area contributed by atoms with E-state index in [4.69, 9.17) is 0 Å². The molecule has 1 unspecified atom stereocenters. The molecule has 0 fully saturated rings. The summed E-state index contributed by atoms with van der Waals surface area (Å²) in [6.07, 6.45) is 0. The molecule has 3 aromatic rings. The second-order valence-corrected chi connectivity index (χ2v) is 7.03. The first-order chi connectivity index (χ1) is 12.4. The van der Waals surface area contributed by atoms with Crippen LogP contribution in [0.25, 0.3) is 11.1 Å². The lowest BCUT2D eigenvalue weighted by Gasteiger charge is -2.24.